The van der Waals surface area contributed by atoms with Gasteiger partial charge in [0.25, 0.3) is 5.91 Å². The van der Waals surface area contributed by atoms with E-state index in [-0.39, 0.29) is 23.8 Å². The molecule has 3 heterocycles. The van der Waals surface area contributed by atoms with Crippen LogP contribution in [0.2, 0.25) is 0 Å². The summed E-state index contributed by atoms with van der Waals surface area (Å²) in [6.45, 7) is 0.779. The first kappa shape index (κ1) is 27.9. The molecule has 1 aliphatic heterocycles. The van der Waals surface area contributed by atoms with Gasteiger partial charge in [0.2, 0.25) is 5.91 Å². The number of anilines is 1. The maximum absolute atomic E-state index is 15.0. The molecule has 8 nitrogen and oxygen atoms in total. The third kappa shape index (κ3) is 6.26. The van der Waals surface area contributed by atoms with E-state index in [2.05, 4.69) is 20.4 Å². The van der Waals surface area contributed by atoms with Crippen molar-refractivity contribution in [3.05, 3.63) is 83.7 Å². The molecule has 5 rings (SSSR count). The molecule has 2 amide bonds. The fourth-order valence-electron chi connectivity index (χ4n) is 4.72. The number of hydrogen-bond donors (Lipinski definition) is 1. The Morgan fingerprint density at radius 2 is 1.85 bits per heavy atom. The van der Waals surface area contributed by atoms with Crippen molar-refractivity contribution >= 4 is 17.5 Å². The van der Waals surface area contributed by atoms with Gasteiger partial charge in [-0.3, -0.25) is 14.3 Å². The number of aryl methyl sites for hydroxylation is 1. The molecular formula is C29H26F4N6O2. The number of carbonyl (C=O) groups excluding carboxylic acids is 2. The number of aromatic nitrogens is 4. The van der Waals surface area contributed by atoms with Crippen LogP contribution < -0.4 is 5.32 Å². The monoisotopic (exact) mass is 566 g/mol. The predicted molar refractivity (Wildman–Crippen MR) is 143 cm³/mol. The van der Waals surface area contributed by atoms with Gasteiger partial charge in [0, 0.05) is 37.3 Å². The van der Waals surface area contributed by atoms with Gasteiger partial charge in [-0.05, 0) is 31.0 Å². The second kappa shape index (κ2) is 11.5. The minimum atomic E-state index is -4.87. The molecule has 1 saturated heterocycles. The lowest BCUT2D eigenvalue weighted by Crippen LogP contribution is -2.30. The van der Waals surface area contributed by atoms with Crippen molar-refractivity contribution in [3.8, 4) is 22.5 Å². The standard InChI is InChI=1S/C29H26F4N6O2/c1-38-13-11-23(37-38)19-14-20(22(30)15-21(19)29(31,32)33)28(41)35-24-16-34-25(17-39-12-7-3-6-10-26(39)40)36-27(24)18-8-4-2-5-9-18/h2,4-5,8-9,11,13-16H,3,6-7,10,12,17H2,1H3,(H,35,41). The largest absolute Gasteiger partial charge is 0.417 e. The molecule has 0 saturated carbocycles. The first-order chi connectivity index (χ1) is 19.6. The van der Waals surface area contributed by atoms with E-state index in [9.17, 15) is 27.2 Å². The number of alkyl halides is 3. The highest BCUT2D eigenvalue weighted by atomic mass is 19.4. The van der Waals surface area contributed by atoms with Gasteiger partial charge >= 0.3 is 6.18 Å². The van der Waals surface area contributed by atoms with Crippen LogP contribution in [0, 0.1) is 5.82 Å². The zero-order valence-electron chi connectivity index (χ0n) is 22.1. The van der Waals surface area contributed by atoms with Gasteiger partial charge in [-0.1, -0.05) is 36.8 Å². The normalized spacial score (nSPS) is 14.2. The van der Waals surface area contributed by atoms with Gasteiger partial charge < -0.3 is 10.2 Å². The van der Waals surface area contributed by atoms with Crippen molar-refractivity contribution < 1.29 is 27.2 Å². The van der Waals surface area contributed by atoms with E-state index in [1.165, 1.54) is 30.2 Å². The smallest absolute Gasteiger partial charge is 0.335 e. The van der Waals surface area contributed by atoms with E-state index in [0.717, 1.165) is 25.3 Å². The highest BCUT2D eigenvalue weighted by molar-refractivity contribution is 6.06. The molecular weight excluding hydrogens is 540 g/mol. The zero-order chi connectivity index (χ0) is 29.1. The van der Waals surface area contributed by atoms with Crippen LogP contribution in [0.1, 0.15) is 47.4 Å². The summed E-state index contributed by atoms with van der Waals surface area (Å²) >= 11 is 0. The van der Waals surface area contributed by atoms with Gasteiger partial charge in [0.05, 0.1) is 40.9 Å². The maximum atomic E-state index is 15.0. The van der Waals surface area contributed by atoms with Crippen molar-refractivity contribution in [1.82, 2.24) is 24.6 Å². The van der Waals surface area contributed by atoms with Crippen LogP contribution in [0.25, 0.3) is 22.5 Å². The Labute approximate surface area is 233 Å². The molecule has 2 aromatic carbocycles. The Kier molecular flexibility index (Phi) is 7.82. The summed E-state index contributed by atoms with van der Waals surface area (Å²) in [6.07, 6.45) is 1.06. The molecule has 1 fully saturated rings. The number of likely N-dealkylation sites (tertiary alicyclic amines) is 1. The van der Waals surface area contributed by atoms with Crippen LogP contribution in [-0.2, 0) is 24.6 Å². The minimum absolute atomic E-state index is 0.0197. The number of benzene rings is 2. The number of nitrogens with zero attached hydrogens (tertiary/aromatic N) is 5. The highest BCUT2D eigenvalue weighted by Crippen LogP contribution is 2.38. The summed E-state index contributed by atoms with van der Waals surface area (Å²) in [5, 5.41) is 6.57. The molecule has 1 aliphatic rings. The molecule has 212 valence electrons. The quantitative estimate of drug-likeness (QED) is 0.295. The fourth-order valence-corrected chi connectivity index (χ4v) is 4.72. The average Bonchev–Trinajstić information content (AvgIpc) is 3.28. The van der Waals surface area contributed by atoms with Gasteiger partial charge in [0.1, 0.15) is 11.6 Å². The summed E-state index contributed by atoms with van der Waals surface area (Å²) in [7, 11) is 1.53. The fraction of sp³-hybridized carbons (Fsp3) is 0.276. The van der Waals surface area contributed by atoms with Crippen molar-refractivity contribution in [3.63, 3.8) is 0 Å². The van der Waals surface area contributed by atoms with Gasteiger partial charge in [-0.2, -0.15) is 18.3 Å². The number of carbonyl (C=O) groups is 2. The third-order valence-corrected chi connectivity index (χ3v) is 6.78. The van der Waals surface area contributed by atoms with Gasteiger partial charge in [-0.15, -0.1) is 0 Å². The predicted octanol–water partition coefficient (Wildman–Crippen LogP) is 5.86. The third-order valence-electron chi connectivity index (χ3n) is 6.78. The second-order valence-electron chi connectivity index (χ2n) is 9.74. The summed E-state index contributed by atoms with van der Waals surface area (Å²) in [4.78, 5) is 36.4. The van der Waals surface area contributed by atoms with Crippen LogP contribution in [0.4, 0.5) is 23.2 Å². The molecule has 1 N–H and O–H groups in total. The number of halogens is 4. The van der Waals surface area contributed by atoms with Crippen molar-refractivity contribution in [1.29, 1.82) is 0 Å². The molecule has 2 aromatic heterocycles. The Morgan fingerprint density at radius 1 is 1.07 bits per heavy atom. The first-order valence-corrected chi connectivity index (χ1v) is 13.0. The van der Waals surface area contributed by atoms with E-state index in [0.29, 0.717) is 36.1 Å². The van der Waals surface area contributed by atoms with Crippen LogP contribution in [0.15, 0.2) is 60.9 Å². The van der Waals surface area contributed by atoms with Gasteiger partial charge in [-0.25, -0.2) is 14.4 Å². The SMILES string of the molecule is Cn1ccc(-c2cc(C(=O)Nc3cnc(CN4CCCCCC4=O)nc3-c3ccccc3)c(F)cc2C(F)(F)F)n1. The lowest BCUT2D eigenvalue weighted by atomic mass is 9.99. The van der Waals surface area contributed by atoms with E-state index in [1.54, 1.807) is 35.2 Å². The van der Waals surface area contributed by atoms with E-state index >= 15 is 0 Å². The van der Waals surface area contributed by atoms with Gasteiger partial charge in [0.15, 0.2) is 0 Å². The van der Waals surface area contributed by atoms with E-state index < -0.39 is 34.6 Å². The lowest BCUT2D eigenvalue weighted by Gasteiger charge is -2.20. The molecule has 0 spiro atoms. The molecule has 0 unspecified atom stereocenters. The molecule has 12 heteroatoms. The van der Waals surface area contributed by atoms with E-state index in [1.807, 2.05) is 0 Å². The summed E-state index contributed by atoms with van der Waals surface area (Å²) < 4.78 is 57.6. The molecule has 4 aromatic rings. The maximum Gasteiger partial charge on any atom is 0.417 e. The molecule has 41 heavy (non-hydrogen) atoms. The second-order valence-corrected chi connectivity index (χ2v) is 9.74. The number of nitrogens with one attached hydrogen (secondary N) is 1. The molecule has 0 bridgehead atoms. The summed E-state index contributed by atoms with van der Waals surface area (Å²) in [5.74, 6) is -1.95. The molecule has 0 aliphatic carbocycles. The molecule has 0 atom stereocenters. The van der Waals surface area contributed by atoms with Crippen LogP contribution >= 0.6 is 0 Å². The Hall–Kier alpha value is -4.61. The lowest BCUT2D eigenvalue weighted by molar-refractivity contribution is -0.137. The summed E-state index contributed by atoms with van der Waals surface area (Å²) in [6, 6.07) is 11.4. The van der Waals surface area contributed by atoms with Crippen LogP contribution in [0.5, 0.6) is 0 Å². The van der Waals surface area contributed by atoms with Crippen LogP contribution in [0.3, 0.4) is 0 Å². The number of rotatable bonds is 6. The van der Waals surface area contributed by atoms with Crippen molar-refractivity contribution in [2.75, 3.05) is 11.9 Å². The Balaban J connectivity index is 1.50. The zero-order valence-corrected chi connectivity index (χ0v) is 22.1. The van der Waals surface area contributed by atoms with Crippen LogP contribution in [-0.4, -0.2) is 43.0 Å². The summed E-state index contributed by atoms with van der Waals surface area (Å²) in [5.41, 5.74) is -1.26. The Bertz CT molecular complexity index is 1590. The van der Waals surface area contributed by atoms with Crippen molar-refractivity contribution in [2.45, 2.75) is 38.4 Å². The van der Waals surface area contributed by atoms with E-state index in [4.69, 9.17) is 0 Å². The topological polar surface area (TPSA) is 93.0 Å². The highest BCUT2D eigenvalue weighted by Gasteiger charge is 2.36. The first-order valence-electron chi connectivity index (χ1n) is 13.0. The Morgan fingerprint density at radius 3 is 2.56 bits per heavy atom. The number of hydrogen-bond acceptors (Lipinski definition) is 5. The van der Waals surface area contributed by atoms with Crippen molar-refractivity contribution in [2.24, 2.45) is 7.05 Å². The molecule has 0 radical (unpaired) electrons. The minimum Gasteiger partial charge on any atom is -0.335 e. The number of amides is 2. The average molecular weight is 567 g/mol.